The maximum atomic E-state index is 6.16. The van der Waals surface area contributed by atoms with Crippen molar-refractivity contribution in [3.63, 3.8) is 0 Å². The van der Waals surface area contributed by atoms with Crippen LogP contribution in [0.15, 0.2) is 28.7 Å². The number of hydrogen-bond donors (Lipinski definition) is 1. The molecule has 2 saturated carbocycles. The first kappa shape index (κ1) is 13.4. The van der Waals surface area contributed by atoms with Gasteiger partial charge in [-0.15, -0.1) is 0 Å². The quantitative estimate of drug-likeness (QED) is 0.877. The predicted octanol–water partition coefficient (Wildman–Crippen LogP) is 3.67. The summed E-state index contributed by atoms with van der Waals surface area (Å²) in [4.78, 5) is 2.46. The molecule has 0 amide bonds. The van der Waals surface area contributed by atoms with Gasteiger partial charge in [0.1, 0.15) is 11.3 Å². The number of benzene rings is 1. The Bertz CT molecular complexity index is 625. The van der Waals surface area contributed by atoms with Gasteiger partial charge in [-0.3, -0.25) is 4.90 Å². The summed E-state index contributed by atoms with van der Waals surface area (Å²) < 4.78 is 6.16. The zero-order valence-electron chi connectivity index (χ0n) is 12.8. The van der Waals surface area contributed by atoms with Crippen molar-refractivity contribution in [1.29, 1.82) is 0 Å². The minimum atomic E-state index is 0.732. The first-order valence-electron chi connectivity index (χ1n) is 8.24. The van der Waals surface area contributed by atoms with Crippen LogP contribution in [0.4, 0.5) is 0 Å². The van der Waals surface area contributed by atoms with Crippen LogP contribution in [0.1, 0.15) is 43.4 Å². The highest BCUT2D eigenvalue weighted by Crippen LogP contribution is 2.30. The van der Waals surface area contributed by atoms with Crippen LogP contribution >= 0.6 is 0 Å². The average molecular weight is 284 g/mol. The van der Waals surface area contributed by atoms with Crippen molar-refractivity contribution in [2.24, 2.45) is 0 Å². The number of nitrogens with one attached hydrogen (secondary N) is 1. The molecule has 0 spiro atoms. The third kappa shape index (κ3) is 2.72. The van der Waals surface area contributed by atoms with Crippen molar-refractivity contribution in [3.8, 4) is 0 Å². The van der Waals surface area contributed by atoms with E-state index in [0.717, 1.165) is 36.5 Å². The largest absolute Gasteiger partial charge is 0.459 e. The Labute approximate surface area is 126 Å². The van der Waals surface area contributed by atoms with Crippen LogP contribution in [-0.2, 0) is 13.1 Å². The molecule has 1 aromatic heterocycles. The van der Waals surface area contributed by atoms with E-state index < -0.39 is 0 Å². The molecule has 3 nitrogen and oxygen atoms in total. The van der Waals surface area contributed by atoms with Gasteiger partial charge in [0.2, 0.25) is 0 Å². The summed E-state index contributed by atoms with van der Waals surface area (Å²) in [5.41, 5.74) is 2.39. The van der Waals surface area contributed by atoms with E-state index in [2.05, 4.69) is 41.5 Å². The zero-order chi connectivity index (χ0) is 14.2. The second-order valence-electron chi connectivity index (χ2n) is 6.65. The summed E-state index contributed by atoms with van der Waals surface area (Å²) >= 11 is 0. The fraction of sp³-hybridized carbons (Fsp3) is 0.556. The Kier molecular flexibility index (Phi) is 3.48. The molecular formula is C18H24N2O. The van der Waals surface area contributed by atoms with E-state index in [1.807, 2.05) is 0 Å². The maximum Gasteiger partial charge on any atom is 0.134 e. The smallest absolute Gasteiger partial charge is 0.134 e. The molecule has 1 heterocycles. The van der Waals surface area contributed by atoms with E-state index in [1.54, 1.807) is 0 Å². The molecule has 0 atom stereocenters. The van der Waals surface area contributed by atoms with Gasteiger partial charge in [-0.25, -0.2) is 0 Å². The van der Waals surface area contributed by atoms with Crippen molar-refractivity contribution >= 4 is 11.0 Å². The minimum absolute atomic E-state index is 0.732. The monoisotopic (exact) mass is 284 g/mol. The molecule has 1 N–H and O–H groups in total. The van der Waals surface area contributed by atoms with Gasteiger partial charge in [0.05, 0.1) is 6.54 Å². The summed E-state index contributed by atoms with van der Waals surface area (Å²) in [5, 5.41) is 4.92. The fourth-order valence-corrected chi connectivity index (χ4v) is 3.19. The summed E-state index contributed by atoms with van der Waals surface area (Å²) in [7, 11) is 2.23. The Morgan fingerprint density at radius 3 is 2.71 bits per heavy atom. The van der Waals surface area contributed by atoms with Crippen LogP contribution in [0.5, 0.6) is 0 Å². The van der Waals surface area contributed by atoms with Crippen molar-refractivity contribution in [2.75, 3.05) is 7.05 Å². The van der Waals surface area contributed by atoms with E-state index >= 15 is 0 Å². The number of furan rings is 1. The van der Waals surface area contributed by atoms with Crippen molar-refractivity contribution in [2.45, 2.75) is 57.3 Å². The summed E-state index contributed by atoms with van der Waals surface area (Å²) in [5.74, 6) is 1.15. The molecule has 2 aliphatic carbocycles. The molecule has 2 aliphatic rings. The topological polar surface area (TPSA) is 28.4 Å². The number of hydrogen-bond acceptors (Lipinski definition) is 3. The number of fused-ring (bicyclic) bond motifs is 1. The number of rotatable bonds is 6. The van der Waals surface area contributed by atoms with Crippen molar-refractivity contribution in [3.05, 3.63) is 35.6 Å². The molecule has 3 heteroatoms. The van der Waals surface area contributed by atoms with E-state index in [-0.39, 0.29) is 0 Å². The molecule has 1 aromatic carbocycles. The van der Waals surface area contributed by atoms with Gasteiger partial charge < -0.3 is 9.73 Å². The van der Waals surface area contributed by atoms with Gasteiger partial charge in [-0.05, 0) is 38.8 Å². The molecule has 2 aromatic rings. The molecule has 21 heavy (non-hydrogen) atoms. The van der Waals surface area contributed by atoms with Crippen LogP contribution in [0, 0.1) is 0 Å². The third-order valence-electron chi connectivity index (χ3n) is 5.02. The molecule has 0 aliphatic heterocycles. The third-order valence-corrected chi connectivity index (χ3v) is 5.02. The first-order valence-corrected chi connectivity index (χ1v) is 8.24. The molecule has 0 radical (unpaired) electrons. The lowest BCUT2D eigenvalue weighted by Crippen LogP contribution is -2.36. The molecule has 112 valence electrons. The Morgan fingerprint density at radius 2 is 2.00 bits per heavy atom. The van der Waals surface area contributed by atoms with Gasteiger partial charge >= 0.3 is 0 Å². The zero-order valence-corrected chi connectivity index (χ0v) is 12.8. The number of para-hydroxylation sites is 1. The second kappa shape index (κ2) is 5.47. The second-order valence-corrected chi connectivity index (χ2v) is 6.65. The van der Waals surface area contributed by atoms with Crippen LogP contribution in [0.25, 0.3) is 11.0 Å². The molecule has 0 bridgehead atoms. The standard InChI is InChI=1S/C18H24N2O/c1-20(14-5-4-6-14)12-18-16(11-19-13-9-10-13)15-7-2-3-8-17(15)21-18/h2-3,7-8,13-14,19H,4-6,9-12H2,1H3. The van der Waals surface area contributed by atoms with Gasteiger partial charge in [0, 0.05) is 29.6 Å². The minimum Gasteiger partial charge on any atom is -0.459 e. The van der Waals surface area contributed by atoms with Crippen LogP contribution in [-0.4, -0.2) is 24.0 Å². The lowest BCUT2D eigenvalue weighted by molar-refractivity contribution is 0.143. The van der Waals surface area contributed by atoms with Gasteiger partial charge in [0.15, 0.2) is 0 Å². The van der Waals surface area contributed by atoms with E-state index in [9.17, 15) is 0 Å². The molecular weight excluding hydrogens is 260 g/mol. The van der Waals surface area contributed by atoms with Crippen LogP contribution in [0.3, 0.4) is 0 Å². The summed E-state index contributed by atoms with van der Waals surface area (Å²) in [6.45, 7) is 1.87. The fourth-order valence-electron chi connectivity index (χ4n) is 3.19. The van der Waals surface area contributed by atoms with Gasteiger partial charge in [0.25, 0.3) is 0 Å². The average Bonchev–Trinajstić information content (AvgIpc) is 3.17. The first-order chi connectivity index (χ1) is 10.3. The maximum absolute atomic E-state index is 6.16. The highest BCUT2D eigenvalue weighted by molar-refractivity contribution is 5.82. The van der Waals surface area contributed by atoms with E-state index in [0.29, 0.717) is 0 Å². The Morgan fingerprint density at radius 1 is 1.19 bits per heavy atom. The Balaban J connectivity index is 1.59. The van der Waals surface area contributed by atoms with E-state index in [4.69, 9.17) is 4.42 Å². The van der Waals surface area contributed by atoms with Crippen molar-refractivity contribution in [1.82, 2.24) is 10.2 Å². The normalized spacial score (nSPS) is 19.3. The molecule has 2 fully saturated rings. The SMILES string of the molecule is CN(Cc1oc2ccccc2c1CNC1CC1)C1CCC1. The molecule has 0 unspecified atom stereocenters. The van der Waals surface area contributed by atoms with Gasteiger partial charge in [-0.1, -0.05) is 24.6 Å². The van der Waals surface area contributed by atoms with Crippen LogP contribution in [0.2, 0.25) is 0 Å². The Hall–Kier alpha value is -1.32. The summed E-state index contributed by atoms with van der Waals surface area (Å²) in [6, 6.07) is 9.93. The van der Waals surface area contributed by atoms with Crippen LogP contribution < -0.4 is 5.32 Å². The predicted molar refractivity (Wildman–Crippen MR) is 85.2 cm³/mol. The lowest BCUT2D eigenvalue weighted by atomic mass is 9.92. The lowest BCUT2D eigenvalue weighted by Gasteiger charge is -2.34. The molecule has 0 saturated heterocycles. The highest BCUT2D eigenvalue weighted by atomic mass is 16.3. The highest BCUT2D eigenvalue weighted by Gasteiger charge is 2.26. The van der Waals surface area contributed by atoms with Gasteiger partial charge in [-0.2, -0.15) is 0 Å². The van der Waals surface area contributed by atoms with E-state index in [1.165, 1.54) is 43.1 Å². The number of nitrogens with zero attached hydrogens (tertiary/aromatic N) is 1. The summed E-state index contributed by atoms with van der Waals surface area (Å²) in [6.07, 6.45) is 6.71. The van der Waals surface area contributed by atoms with Crippen molar-refractivity contribution < 1.29 is 4.42 Å². The molecule has 4 rings (SSSR count).